The third-order valence-corrected chi connectivity index (χ3v) is 3.88. The van der Waals surface area contributed by atoms with Crippen LogP contribution in [-0.4, -0.2) is 13.7 Å². The molecular formula is C16H16Cl2O. The van der Waals surface area contributed by atoms with Gasteiger partial charge in [-0.05, 0) is 29.2 Å². The third-order valence-electron chi connectivity index (χ3n) is 3.05. The maximum atomic E-state index is 6.48. The van der Waals surface area contributed by atoms with E-state index in [1.54, 1.807) is 7.11 Å². The Morgan fingerprint density at radius 2 is 1.74 bits per heavy atom. The highest BCUT2D eigenvalue weighted by Gasteiger charge is 2.13. The summed E-state index contributed by atoms with van der Waals surface area (Å²) in [6.45, 7) is 0.730. The van der Waals surface area contributed by atoms with Gasteiger partial charge in [-0.25, -0.2) is 0 Å². The fraction of sp³-hybridized carbons (Fsp3) is 0.250. The van der Waals surface area contributed by atoms with Crippen molar-refractivity contribution in [3.63, 3.8) is 0 Å². The largest absolute Gasteiger partial charge is 0.384 e. The summed E-state index contributed by atoms with van der Waals surface area (Å²) in [6.07, 6.45) is 0.913. The molecule has 0 spiro atoms. The minimum Gasteiger partial charge on any atom is -0.384 e. The van der Waals surface area contributed by atoms with Crippen molar-refractivity contribution in [1.29, 1.82) is 0 Å². The number of hydrogen-bond donors (Lipinski definition) is 0. The lowest BCUT2D eigenvalue weighted by molar-refractivity contribution is 0.202. The number of halogens is 2. The Hall–Kier alpha value is -1.02. The van der Waals surface area contributed by atoms with E-state index in [9.17, 15) is 0 Å². The quantitative estimate of drug-likeness (QED) is 0.716. The van der Waals surface area contributed by atoms with Crippen molar-refractivity contribution in [2.45, 2.75) is 11.8 Å². The molecule has 0 bridgehead atoms. The van der Waals surface area contributed by atoms with Gasteiger partial charge >= 0.3 is 0 Å². The molecule has 0 heterocycles. The molecule has 0 aromatic heterocycles. The molecule has 1 unspecified atom stereocenters. The number of ether oxygens (including phenoxy) is 1. The molecule has 1 atom stereocenters. The Labute approximate surface area is 124 Å². The summed E-state index contributed by atoms with van der Waals surface area (Å²) < 4.78 is 5.06. The Balaban J connectivity index is 2.16. The average Bonchev–Trinajstić information content (AvgIpc) is 2.45. The van der Waals surface area contributed by atoms with E-state index in [4.69, 9.17) is 27.9 Å². The van der Waals surface area contributed by atoms with E-state index in [-0.39, 0.29) is 5.38 Å². The van der Waals surface area contributed by atoms with Gasteiger partial charge in [-0.15, -0.1) is 11.6 Å². The van der Waals surface area contributed by atoms with Gasteiger partial charge in [0, 0.05) is 12.1 Å². The zero-order chi connectivity index (χ0) is 13.7. The lowest BCUT2D eigenvalue weighted by atomic mass is 10.0. The topological polar surface area (TPSA) is 9.23 Å². The van der Waals surface area contributed by atoms with Crippen molar-refractivity contribution >= 4 is 23.2 Å². The normalized spacial score (nSPS) is 12.4. The van der Waals surface area contributed by atoms with Gasteiger partial charge in [-0.3, -0.25) is 0 Å². The van der Waals surface area contributed by atoms with E-state index in [0.29, 0.717) is 5.02 Å². The van der Waals surface area contributed by atoms with Gasteiger partial charge in [0.2, 0.25) is 0 Å². The van der Waals surface area contributed by atoms with Crippen LogP contribution in [0.1, 0.15) is 22.1 Å². The van der Waals surface area contributed by atoms with E-state index < -0.39 is 0 Å². The first-order chi connectivity index (χ1) is 9.22. The highest BCUT2D eigenvalue weighted by atomic mass is 35.5. The fourth-order valence-electron chi connectivity index (χ4n) is 1.93. The number of methoxy groups -OCH3 is 1. The zero-order valence-electron chi connectivity index (χ0n) is 10.8. The Bertz CT molecular complexity index is 523. The predicted octanol–water partition coefficient (Wildman–Crippen LogP) is 4.86. The van der Waals surface area contributed by atoms with Crippen molar-refractivity contribution < 1.29 is 4.74 Å². The van der Waals surface area contributed by atoms with Crippen molar-refractivity contribution in [3.8, 4) is 0 Å². The van der Waals surface area contributed by atoms with Gasteiger partial charge in [-0.1, -0.05) is 54.1 Å². The average molecular weight is 295 g/mol. The molecule has 0 amide bonds. The molecule has 0 N–H and O–H groups in total. The summed E-state index contributed by atoms with van der Waals surface area (Å²) in [5.74, 6) is 0. The van der Waals surface area contributed by atoms with Crippen molar-refractivity contribution in [2.24, 2.45) is 0 Å². The highest BCUT2D eigenvalue weighted by Crippen LogP contribution is 2.33. The number of alkyl halides is 1. The van der Waals surface area contributed by atoms with Crippen LogP contribution in [0.2, 0.25) is 5.02 Å². The molecule has 0 aliphatic carbocycles. The minimum absolute atomic E-state index is 0.217. The first-order valence-corrected chi connectivity index (χ1v) is 7.00. The summed E-state index contributed by atoms with van der Waals surface area (Å²) in [5.41, 5.74) is 3.24. The molecule has 0 aliphatic rings. The molecule has 19 heavy (non-hydrogen) atoms. The predicted molar refractivity (Wildman–Crippen MR) is 81.2 cm³/mol. The molecule has 2 rings (SSSR count). The van der Waals surface area contributed by atoms with Gasteiger partial charge < -0.3 is 4.74 Å². The van der Waals surface area contributed by atoms with Crippen LogP contribution in [0, 0.1) is 0 Å². The van der Waals surface area contributed by atoms with Crippen molar-refractivity contribution in [1.82, 2.24) is 0 Å². The smallest absolute Gasteiger partial charge is 0.0849 e. The first kappa shape index (κ1) is 14.4. The summed E-state index contributed by atoms with van der Waals surface area (Å²) in [4.78, 5) is 0. The van der Waals surface area contributed by atoms with Crippen LogP contribution in [0.25, 0.3) is 0 Å². The summed E-state index contributed by atoms with van der Waals surface area (Å²) >= 11 is 12.7. The van der Waals surface area contributed by atoms with E-state index in [1.165, 1.54) is 5.56 Å². The number of rotatable bonds is 5. The lowest BCUT2D eigenvalue weighted by Crippen LogP contribution is -1.97. The van der Waals surface area contributed by atoms with E-state index >= 15 is 0 Å². The molecule has 100 valence electrons. The second-order valence-electron chi connectivity index (χ2n) is 4.37. The molecule has 0 saturated carbocycles. The van der Waals surface area contributed by atoms with Crippen LogP contribution < -0.4 is 0 Å². The molecule has 0 radical (unpaired) electrons. The first-order valence-electron chi connectivity index (χ1n) is 6.18. The van der Waals surface area contributed by atoms with Gasteiger partial charge in [0.05, 0.1) is 12.0 Å². The van der Waals surface area contributed by atoms with Crippen LogP contribution in [0.3, 0.4) is 0 Å². The van der Waals surface area contributed by atoms with E-state index in [2.05, 4.69) is 12.1 Å². The second-order valence-corrected chi connectivity index (χ2v) is 5.21. The maximum absolute atomic E-state index is 6.48. The molecule has 0 saturated heterocycles. The van der Waals surface area contributed by atoms with Gasteiger partial charge in [0.1, 0.15) is 0 Å². The summed E-state index contributed by atoms with van der Waals surface area (Å²) in [5, 5.41) is 0.483. The molecule has 0 aliphatic heterocycles. The standard InChI is InChI=1S/C16H16Cl2O/c1-19-11-10-12-6-8-13(9-7-12)16(18)14-4-2-3-5-15(14)17/h2-9,16H,10-11H2,1H3. The Kier molecular flexibility index (Phi) is 5.26. The Morgan fingerprint density at radius 1 is 1.05 bits per heavy atom. The SMILES string of the molecule is COCCc1ccc(C(Cl)c2ccccc2Cl)cc1. The summed E-state index contributed by atoms with van der Waals surface area (Å²) in [6, 6.07) is 15.9. The number of hydrogen-bond acceptors (Lipinski definition) is 1. The van der Waals surface area contributed by atoms with Crippen molar-refractivity contribution in [2.75, 3.05) is 13.7 Å². The van der Waals surface area contributed by atoms with Gasteiger partial charge in [-0.2, -0.15) is 0 Å². The van der Waals surface area contributed by atoms with Crippen LogP contribution in [0.4, 0.5) is 0 Å². The van der Waals surface area contributed by atoms with E-state index in [1.807, 2.05) is 36.4 Å². The van der Waals surface area contributed by atoms with Gasteiger partial charge in [0.15, 0.2) is 0 Å². The van der Waals surface area contributed by atoms with Crippen LogP contribution in [-0.2, 0) is 11.2 Å². The van der Waals surface area contributed by atoms with Crippen molar-refractivity contribution in [3.05, 3.63) is 70.2 Å². The molecule has 2 aromatic rings. The van der Waals surface area contributed by atoms with Crippen LogP contribution in [0.15, 0.2) is 48.5 Å². The molecule has 3 heteroatoms. The second kappa shape index (κ2) is 6.95. The van der Waals surface area contributed by atoms with Gasteiger partial charge in [0.25, 0.3) is 0 Å². The maximum Gasteiger partial charge on any atom is 0.0849 e. The third kappa shape index (κ3) is 3.73. The van der Waals surface area contributed by atoms with Crippen LogP contribution in [0.5, 0.6) is 0 Å². The monoisotopic (exact) mass is 294 g/mol. The number of benzene rings is 2. The fourth-order valence-corrected chi connectivity index (χ4v) is 2.57. The molecule has 0 fully saturated rings. The molecule has 2 aromatic carbocycles. The summed E-state index contributed by atoms with van der Waals surface area (Å²) in [7, 11) is 1.71. The minimum atomic E-state index is -0.217. The molecular weight excluding hydrogens is 279 g/mol. The Morgan fingerprint density at radius 3 is 2.37 bits per heavy atom. The molecule has 1 nitrogen and oxygen atoms in total. The van der Waals surface area contributed by atoms with Crippen LogP contribution >= 0.6 is 23.2 Å². The highest BCUT2D eigenvalue weighted by molar-refractivity contribution is 6.33. The zero-order valence-corrected chi connectivity index (χ0v) is 12.3. The van der Waals surface area contributed by atoms with E-state index in [0.717, 1.165) is 24.2 Å². The lowest BCUT2D eigenvalue weighted by Gasteiger charge is -2.12.